The molecule has 0 radical (unpaired) electrons. The van der Waals surface area contributed by atoms with Crippen LogP contribution in [-0.2, 0) is 16.0 Å². The fourth-order valence-corrected chi connectivity index (χ4v) is 3.74. The monoisotopic (exact) mass is 546 g/mol. The van der Waals surface area contributed by atoms with Crippen LogP contribution in [-0.4, -0.2) is 76.6 Å². The van der Waals surface area contributed by atoms with Crippen LogP contribution in [0.3, 0.4) is 0 Å². The Morgan fingerprint density at radius 2 is 2.06 bits per heavy atom. The molecule has 2 N–H and O–H groups in total. The van der Waals surface area contributed by atoms with E-state index in [2.05, 4.69) is 45.6 Å². The van der Waals surface area contributed by atoms with Crippen molar-refractivity contribution in [2.24, 2.45) is 4.99 Å². The lowest BCUT2D eigenvalue weighted by Gasteiger charge is -2.22. The number of halogens is 1. The Morgan fingerprint density at radius 3 is 2.74 bits per heavy atom. The minimum absolute atomic E-state index is 0. The Kier molecular flexibility index (Phi) is 11.9. The van der Waals surface area contributed by atoms with E-state index in [1.165, 1.54) is 18.4 Å². The minimum Gasteiger partial charge on any atom is -0.491 e. The Morgan fingerprint density at radius 1 is 1.23 bits per heavy atom. The number of benzene rings is 1. The maximum atomic E-state index is 6.11. The highest BCUT2D eigenvalue weighted by Gasteiger charge is 2.28. The first-order valence-electron chi connectivity index (χ1n) is 11.2. The lowest BCUT2D eigenvalue weighted by molar-refractivity contribution is 0.0676. The molecule has 1 saturated heterocycles. The van der Waals surface area contributed by atoms with Crippen LogP contribution in [0.25, 0.3) is 0 Å². The average molecular weight is 546 g/mol. The molecule has 0 bridgehead atoms. The van der Waals surface area contributed by atoms with Crippen molar-refractivity contribution in [2.75, 3.05) is 53.6 Å². The van der Waals surface area contributed by atoms with Gasteiger partial charge in [-0.15, -0.1) is 24.0 Å². The third-order valence-electron chi connectivity index (χ3n) is 5.68. The molecule has 31 heavy (non-hydrogen) atoms. The highest BCUT2D eigenvalue weighted by molar-refractivity contribution is 14.0. The van der Waals surface area contributed by atoms with Crippen molar-refractivity contribution < 1.29 is 14.2 Å². The van der Waals surface area contributed by atoms with Gasteiger partial charge in [0.05, 0.1) is 12.7 Å². The van der Waals surface area contributed by atoms with Crippen LogP contribution in [0, 0.1) is 6.92 Å². The van der Waals surface area contributed by atoms with E-state index in [-0.39, 0.29) is 30.1 Å². The molecule has 176 valence electrons. The van der Waals surface area contributed by atoms with Crippen LogP contribution in [0.2, 0.25) is 0 Å². The van der Waals surface area contributed by atoms with Crippen molar-refractivity contribution >= 4 is 29.9 Å². The molecule has 8 heteroatoms. The second-order valence-corrected chi connectivity index (χ2v) is 8.17. The Labute approximate surface area is 204 Å². The maximum absolute atomic E-state index is 6.11. The summed E-state index contributed by atoms with van der Waals surface area (Å²) in [5.74, 6) is 1.73. The number of ether oxygens (including phenoxy) is 3. The molecule has 0 spiro atoms. The van der Waals surface area contributed by atoms with Crippen molar-refractivity contribution in [1.82, 2.24) is 15.5 Å². The first-order chi connectivity index (χ1) is 14.7. The number of nitrogens with one attached hydrogen (secondary N) is 2. The van der Waals surface area contributed by atoms with Crippen LogP contribution in [0.5, 0.6) is 5.75 Å². The van der Waals surface area contributed by atoms with Gasteiger partial charge in [-0.2, -0.15) is 0 Å². The molecule has 2 fully saturated rings. The van der Waals surface area contributed by atoms with Crippen LogP contribution >= 0.6 is 24.0 Å². The number of hydrogen-bond acceptors (Lipinski definition) is 5. The van der Waals surface area contributed by atoms with Crippen LogP contribution in [0.1, 0.15) is 36.8 Å². The summed E-state index contributed by atoms with van der Waals surface area (Å²) in [6, 6.07) is 7.08. The number of nitrogens with zero attached hydrogens (tertiary/aromatic N) is 2. The number of aryl methyl sites for hydroxylation is 1. The zero-order valence-corrected chi connectivity index (χ0v) is 21.5. The first kappa shape index (κ1) is 26.2. The summed E-state index contributed by atoms with van der Waals surface area (Å²) < 4.78 is 17.0. The molecule has 1 aromatic carbocycles. The Balaban J connectivity index is 0.00000341. The van der Waals surface area contributed by atoms with Gasteiger partial charge in [0.2, 0.25) is 0 Å². The van der Waals surface area contributed by atoms with Gasteiger partial charge in [-0.1, -0.05) is 12.1 Å². The summed E-state index contributed by atoms with van der Waals surface area (Å²) in [5, 5.41) is 6.85. The number of rotatable bonds is 12. The highest BCUT2D eigenvalue weighted by atomic mass is 127. The van der Waals surface area contributed by atoms with Gasteiger partial charge < -0.3 is 24.8 Å². The molecular weight excluding hydrogens is 507 g/mol. The smallest absolute Gasteiger partial charge is 0.191 e. The van der Waals surface area contributed by atoms with Crippen LogP contribution in [0.4, 0.5) is 0 Å². The van der Waals surface area contributed by atoms with Gasteiger partial charge in [0.15, 0.2) is 5.96 Å². The first-order valence-corrected chi connectivity index (χ1v) is 11.2. The average Bonchev–Trinajstić information content (AvgIpc) is 3.47. The molecule has 7 nitrogen and oxygen atoms in total. The highest BCUT2D eigenvalue weighted by Crippen LogP contribution is 2.26. The standard InChI is InChI=1S/C23H38N4O3.HI/c1-18-6-7-19(22(15-18)30-17-21-5-4-13-29-21)16-26-23(24-2)25-10-11-27(12-14-28-3)20-8-9-20;/h6-7,15,20-21H,4-5,8-14,16-17H2,1-3H3,(H2,24,25,26);1H. The second kappa shape index (κ2) is 14.1. The van der Waals surface area contributed by atoms with Crippen molar-refractivity contribution in [1.29, 1.82) is 0 Å². The molecule has 1 saturated carbocycles. The van der Waals surface area contributed by atoms with Crippen molar-refractivity contribution in [3.8, 4) is 5.75 Å². The lowest BCUT2D eigenvalue weighted by Crippen LogP contribution is -2.42. The SMILES string of the molecule is CN=C(NCCN(CCOC)C1CC1)NCc1ccc(C)cc1OCC1CCCO1.I. The van der Waals surface area contributed by atoms with E-state index in [1.807, 2.05) is 7.05 Å². The third-order valence-corrected chi connectivity index (χ3v) is 5.68. The Hall–Kier alpha value is -1.10. The number of hydrogen-bond donors (Lipinski definition) is 2. The van der Waals surface area contributed by atoms with E-state index in [4.69, 9.17) is 14.2 Å². The minimum atomic E-state index is 0. The summed E-state index contributed by atoms with van der Waals surface area (Å²) in [5.41, 5.74) is 2.32. The van der Waals surface area contributed by atoms with E-state index < -0.39 is 0 Å². The maximum Gasteiger partial charge on any atom is 0.191 e. The number of methoxy groups -OCH3 is 1. The van der Waals surface area contributed by atoms with Crippen molar-refractivity contribution in [2.45, 2.75) is 51.3 Å². The molecular formula is C23H39IN4O3. The van der Waals surface area contributed by atoms with Gasteiger partial charge in [-0.3, -0.25) is 9.89 Å². The quantitative estimate of drug-likeness (QED) is 0.239. The van der Waals surface area contributed by atoms with Gasteiger partial charge in [0.1, 0.15) is 12.4 Å². The van der Waals surface area contributed by atoms with E-state index in [9.17, 15) is 0 Å². The predicted molar refractivity (Wildman–Crippen MR) is 136 cm³/mol. The van der Waals surface area contributed by atoms with E-state index in [0.29, 0.717) is 13.2 Å². The van der Waals surface area contributed by atoms with E-state index in [0.717, 1.165) is 69.0 Å². The van der Waals surface area contributed by atoms with Gasteiger partial charge in [0.25, 0.3) is 0 Å². The number of aliphatic imine (C=N–C) groups is 1. The fourth-order valence-electron chi connectivity index (χ4n) is 3.74. The molecule has 1 aromatic rings. The molecule has 0 aromatic heterocycles. The molecule has 1 atom stereocenters. The molecule has 0 amide bonds. The normalized spacial score (nSPS) is 18.7. The number of guanidine groups is 1. The summed E-state index contributed by atoms with van der Waals surface area (Å²) in [4.78, 5) is 6.87. The zero-order valence-electron chi connectivity index (χ0n) is 19.2. The molecule has 1 aliphatic heterocycles. The third kappa shape index (κ3) is 9.11. The summed E-state index contributed by atoms with van der Waals surface area (Å²) in [7, 11) is 3.57. The van der Waals surface area contributed by atoms with Gasteiger partial charge in [-0.25, -0.2) is 0 Å². The largest absolute Gasteiger partial charge is 0.491 e. The molecule has 1 aliphatic carbocycles. The van der Waals surface area contributed by atoms with Gasteiger partial charge in [-0.05, 0) is 44.2 Å². The predicted octanol–water partition coefficient (Wildman–Crippen LogP) is 2.95. The Bertz CT molecular complexity index is 679. The fraction of sp³-hybridized carbons (Fsp3) is 0.696. The second-order valence-electron chi connectivity index (χ2n) is 8.17. The van der Waals surface area contributed by atoms with Crippen molar-refractivity contribution in [3.05, 3.63) is 29.3 Å². The molecule has 3 rings (SSSR count). The van der Waals surface area contributed by atoms with E-state index >= 15 is 0 Å². The topological polar surface area (TPSA) is 67.4 Å². The summed E-state index contributed by atoms with van der Waals surface area (Å²) in [6.07, 6.45) is 5.03. The summed E-state index contributed by atoms with van der Waals surface area (Å²) in [6.45, 7) is 7.84. The molecule has 1 heterocycles. The van der Waals surface area contributed by atoms with Crippen LogP contribution < -0.4 is 15.4 Å². The molecule has 1 unspecified atom stereocenters. The zero-order chi connectivity index (χ0) is 21.2. The van der Waals surface area contributed by atoms with Gasteiger partial charge >= 0.3 is 0 Å². The van der Waals surface area contributed by atoms with E-state index in [1.54, 1.807) is 7.11 Å². The lowest BCUT2D eigenvalue weighted by atomic mass is 10.1. The van der Waals surface area contributed by atoms with Gasteiger partial charge in [0, 0.05) is 58.5 Å². The summed E-state index contributed by atoms with van der Waals surface area (Å²) >= 11 is 0. The van der Waals surface area contributed by atoms with Crippen molar-refractivity contribution in [3.63, 3.8) is 0 Å². The van der Waals surface area contributed by atoms with Crippen LogP contribution in [0.15, 0.2) is 23.2 Å². The molecule has 2 aliphatic rings.